The fraction of sp³-hybridized carbons (Fsp3) is 0.346. The zero-order valence-electron chi connectivity index (χ0n) is 19.4. The lowest BCUT2D eigenvalue weighted by Gasteiger charge is -2.28. The van der Waals surface area contributed by atoms with Gasteiger partial charge in [-0.3, -0.25) is 14.5 Å². The number of aromatic nitrogens is 2. The van der Waals surface area contributed by atoms with Gasteiger partial charge in [0.25, 0.3) is 11.5 Å². The number of para-hydroxylation sites is 1. The number of benzene rings is 2. The van der Waals surface area contributed by atoms with Crippen LogP contribution < -0.4 is 20.3 Å². The maximum Gasteiger partial charge on any atom is 0.271 e. The van der Waals surface area contributed by atoms with Crippen molar-refractivity contribution in [2.75, 3.05) is 33.4 Å². The Morgan fingerprint density at radius 2 is 1.74 bits per heavy atom. The minimum absolute atomic E-state index is 0.0579. The summed E-state index contributed by atoms with van der Waals surface area (Å²) in [6, 6.07) is 20.2. The van der Waals surface area contributed by atoms with E-state index in [4.69, 9.17) is 9.47 Å². The lowest BCUT2D eigenvalue weighted by atomic mass is 10.1. The Morgan fingerprint density at radius 3 is 2.44 bits per heavy atom. The van der Waals surface area contributed by atoms with Crippen molar-refractivity contribution in [1.29, 1.82) is 0 Å². The summed E-state index contributed by atoms with van der Waals surface area (Å²) in [7, 11) is 1.65. The lowest BCUT2D eigenvalue weighted by molar-refractivity contribution is 0.0930. The van der Waals surface area contributed by atoms with Crippen molar-refractivity contribution in [2.24, 2.45) is 0 Å². The Labute approximate surface area is 199 Å². The van der Waals surface area contributed by atoms with E-state index in [1.807, 2.05) is 54.6 Å². The first-order valence-electron chi connectivity index (χ1n) is 11.6. The minimum Gasteiger partial charge on any atom is -0.497 e. The highest BCUT2D eigenvalue weighted by Crippen LogP contribution is 2.26. The first-order valence-corrected chi connectivity index (χ1v) is 11.6. The number of ether oxygens (including phenoxy) is 2. The highest BCUT2D eigenvalue weighted by atomic mass is 16.5. The average Bonchev–Trinajstić information content (AvgIpc) is 3.41. The van der Waals surface area contributed by atoms with Gasteiger partial charge in [0.15, 0.2) is 0 Å². The van der Waals surface area contributed by atoms with Gasteiger partial charge in [-0.1, -0.05) is 30.3 Å². The molecule has 1 atom stereocenters. The summed E-state index contributed by atoms with van der Waals surface area (Å²) in [5.74, 6) is 1.21. The molecular formula is C26H30N4O4. The predicted molar refractivity (Wildman–Crippen MR) is 129 cm³/mol. The molecule has 1 aliphatic rings. The first-order chi connectivity index (χ1) is 16.6. The Kier molecular flexibility index (Phi) is 7.93. The SMILES string of the molecule is COc1ccc([C@@H](CNC(=O)c2ccc(=O)n(CCOc3ccccc3)n2)N2CCCC2)cc1. The summed E-state index contributed by atoms with van der Waals surface area (Å²) >= 11 is 0. The van der Waals surface area contributed by atoms with E-state index in [0.717, 1.165) is 43.0 Å². The number of methoxy groups -OCH3 is 1. The number of carbonyl (C=O) groups is 1. The average molecular weight is 463 g/mol. The van der Waals surface area contributed by atoms with Gasteiger partial charge in [-0.05, 0) is 61.8 Å². The van der Waals surface area contributed by atoms with Crippen molar-refractivity contribution in [1.82, 2.24) is 20.0 Å². The zero-order chi connectivity index (χ0) is 23.8. The summed E-state index contributed by atoms with van der Waals surface area (Å²) < 4.78 is 12.2. The maximum atomic E-state index is 12.9. The van der Waals surface area contributed by atoms with Crippen LogP contribution in [0.2, 0.25) is 0 Å². The molecule has 1 saturated heterocycles. The summed E-state index contributed by atoms with van der Waals surface area (Å²) in [4.78, 5) is 27.5. The zero-order valence-corrected chi connectivity index (χ0v) is 19.4. The van der Waals surface area contributed by atoms with E-state index in [2.05, 4.69) is 15.3 Å². The van der Waals surface area contributed by atoms with Crippen molar-refractivity contribution in [3.05, 3.63) is 88.3 Å². The minimum atomic E-state index is -0.310. The fourth-order valence-corrected chi connectivity index (χ4v) is 4.11. The number of nitrogens with one attached hydrogen (secondary N) is 1. The van der Waals surface area contributed by atoms with Gasteiger partial charge in [0.05, 0.1) is 19.7 Å². The number of hydrogen-bond acceptors (Lipinski definition) is 6. The highest BCUT2D eigenvalue weighted by molar-refractivity contribution is 5.92. The van der Waals surface area contributed by atoms with Gasteiger partial charge in [-0.15, -0.1) is 0 Å². The summed E-state index contributed by atoms with van der Waals surface area (Å²) in [5, 5.41) is 7.27. The molecule has 0 aliphatic carbocycles. The van der Waals surface area contributed by atoms with Gasteiger partial charge in [0.1, 0.15) is 23.8 Å². The summed E-state index contributed by atoms with van der Waals surface area (Å²) in [6.07, 6.45) is 2.30. The van der Waals surface area contributed by atoms with Crippen LogP contribution in [0.3, 0.4) is 0 Å². The summed E-state index contributed by atoms with van der Waals surface area (Å²) in [6.45, 7) is 2.96. The molecule has 0 bridgehead atoms. The lowest BCUT2D eigenvalue weighted by Crippen LogP contribution is -2.38. The topological polar surface area (TPSA) is 85.7 Å². The van der Waals surface area contributed by atoms with Crippen molar-refractivity contribution < 1.29 is 14.3 Å². The molecule has 8 nitrogen and oxygen atoms in total. The van der Waals surface area contributed by atoms with Crippen molar-refractivity contribution in [3.8, 4) is 11.5 Å². The molecular weight excluding hydrogens is 432 g/mol. The largest absolute Gasteiger partial charge is 0.497 e. The molecule has 34 heavy (non-hydrogen) atoms. The van der Waals surface area contributed by atoms with E-state index in [-0.39, 0.29) is 36.4 Å². The van der Waals surface area contributed by atoms with Crippen molar-refractivity contribution in [2.45, 2.75) is 25.4 Å². The van der Waals surface area contributed by atoms with Crippen LogP contribution in [0.25, 0.3) is 0 Å². The highest BCUT2D eigenvalue weighted by Gasteiger charge is 2.24. The van der Waals surface area contributed by atoms with E-state index >= 15 is 0 Å². The molecule has 1 amide bonds. The third-order valence-electron chi connectivity index (χ3n) is 5.95. The molecule has 0 spiro atoms. The maximum absolute atomic E-state index is 12.9. The van der Waals surface area contributed by atoms with Crippen LogP contribution in [0.4, 0.5) is 0 Å². The molecule has 2 heterocycles. The van der Waals surface area contributed by atoms with Crippen LogP contribution in [0.15, 0.2) is 71.5 Å². The van der Waals surface area contributed by atoms with Gasteiger partial charge < -0.3 is 14.8 Å². The first kappa shape index (κ1) is 23.5. The quantitative estimate of drug-likeness (QED) is 0.499. The number of hydrogen-bond donors (Lipinski definition) is 1. The molecule has 8 heteroatoms. The third-order valence-corrected chi connectivity index (χ3v) is 5.95. The Balaban J connectivity index is 1.40. The molecule has 1 aromatic heterocycles. The van der Waals surface area contributed by atoms with Crippen LogP contribution in [-0.4, -0.2) is 53.9 Å². The third kappa shape index (κ3) is 6.02. The van der Waals surface area contributed by atoms with Gasteiger partial charge in [0.2, 0.25) is 0 Å². The number of likely N-dealkylation sites (tertiary alicyclic amines) is 1. The molecule has 0 radical (unpaired) electrons. The molecule has 1 aliphatic heterocycles. The van der Waals surface area contributed by atoms with Crippen LogP contribution in [-0.2, 0) is 6.54 Å². The second-order valence-corrected chi connectivity index (χ2v) is 8.18. The Bertz CT molecular complexity index is 1130. The van der Waals surface area contributed by atoms with Crippen LogP contribution in [0.5, 0.6) is 11.5 Å². The fourth-order valence-electron chi connectivity index (χ4n) is 4.11. The van der Waals surface area contributed by atoms with E-state index in [1.165, 1.54) is 16.8 Å². The molecule has 2 aromatic carbocycles. The monoisotopic (exact) mass is 462 g/mol. The number of carbonyl (C=O) groups excluding carboxylic acids is 1. The van der Waals surface area contributed by atoms with Gasteiger partial charge in [-0.25, -0.2) is 4.68 Å². The molecule has 0 saturated carbocycles. The van der Waals surface area contributed by atoms with Crippen molar-refractivity contribution >= 4 is 5.91 Å². The van der Waals surface area contributed by atoms with Gasteiger partial charge >= 0.3 is 0 Å². The van der Waals surface area contributed by atoms with Crippen molar-refractivity contribution in [3.63, 3.8) is 0 Å². The van der Waals surface area contributed by atoms with E-state index in [1.54, 1.807) is 7.11 Å². The normalized spacial score (nSPS) is 14.5. The number of amides is 1. The van der Waals surface area contributed by atoms with E-state index in [9.17, 15) is 9.59 Å². The molecule has 3 aromatic rings. The standard InChI is InChI=1S/C26H30N4O4/c1-33-21-11-9-20(10-12-21)24(29-15-5-6-16-29)19-27-26(32)23-13-14-25(31)30(28-23)17-18-34-22-7-3-2-4-8-22/h2-4,7-14,24H,5-6,15-19H2,1H3,(H,27,32)/t24-/m1/s1. The van der Waals surface area contributed by atoms with E-state index in [0.29, 0.717) is 6.54 Å². The second-order valence-electron chi connectivity index (χ2n) is 8.18. The molecule has 1 N–H and O–H groups in total. The molecule has 1 fully saturated rings. The Hall–Kier alpha value is -3.65. The van der Waals surface area contributed by atoms with Crippen LogP contribution in [0, 0.1) is 0 Å². The van der Waals surface area contributed by atoms with Gasteiger partial charge in [0, 0.05) is 12.6 Å². The molecule has 178 valence electrons. The van der Waals surface area contributed by atoms with Crippen LogP contribution in [0.1, 0.15) is 34.9 Å². The smallest absolute Gasteiger partial charge is 0.271 e. The van der Waals surface area contributed by atoms with E-state index < -0.39 is 0 Å². The molecule has 4 rings (SSSR count). The summed E-state index contributed by atoms with van der Waals surface area (Å²) in [5.41, 5.74) is 1.05. The second kappa shape index (κ2) is 11.5. The number of rotatable bonds is 10. The number of nitrogens with zero attached hydrogens (tertiary/aromatic N) is 3. The predicted octanol–water partition coefficient (Wildman–Crippen LogP) is 2.90. The Morgan fingerprint density at radius 1 is 1.00 bits per heavy atom. The molecule has 0 unspecified atom stereocenters. The van der Waals surface area contributed by atoms with Gasteiger partial charge in [-0.2, -0.15) is 5.10 Å². The van der Waals surface area contributed by atoms with Crippen LogP contribution >= 0.6 is 0 Å².